The molecule has 4 aromatic rings. The molecule has 1 aromatic heterocycles. The van der Waals surface area contributed by atoms with Gasteiger partial charge in [0.2, 0.25) is 5.88 Å². The number of pyridine rings is 1. The van der Waals surface area contributed by atoms with Crippen LogP contribution >= 0.6 is 0 Å². The van der Waals surface area contributed by atoms with Crippen LogP contribution in [0.25, 0.3) is 11.1 Å². The summed E-state index contributed by atoms with van der Waals surface area (Å²) in [5.41, 5.74) is 2.48. The fourth-order valence-corrected chi connectivity index (χ4v) is 5.82. The molecule has 0 radical (unpaired) electrons. The van der Waals surface area contributed by atoms with Gasteiger partial charge in [0.25, 0.3) is 17.7 Å². The standard InChI is InChI=1S/C36H35FN4O7/c1-3-46-35-28(8-5-12-38-35)36(44)41-13-11-32-30(20-41)40-34(43)24-9-10-31(45-2)29(17-24)23-6-4-7-26(16-23)47-21-33(42)39-19-22-14-25(37)18-27(15-22)48-32/h4-10,12,14-18,30,32H,3,11,13,19-21H2,1-2H3,(H,39,42)(H,40,43)/t30-,32-/m1/s1. The molecule has 2 atom stereocenters. The second-order valence-corrected chi connectivity index (χ2v) is 11.4. The molecule has 6 rings (SSSR count). The first-order chi connectivity index (χ1) is 23.3. The van der Waals surface area contributed by atoms with E-state index in [9.17, 15) is 18.8 Å². The predicted molar refractivity (Wildman–Crippen MR) is 174 cm³/mol. The summed E-state index contributed by atoms with van der Waals surface area (Å²) >= 11 is 0. The van der Waals surface area contributed by atoms with E-state index < -0.39 is 29.8 Å². The SMILES string of the molecule is CCOc1ncccc1C(=O)N1CC[C@H]2Oc3cc(F)cc(c3)CNC(=O)COc3cccc(c3)-c3cc(ccc3OC)C(=O)N[C@@H]2C1. The highest BCUT2D eigenvalue weighted by Crippen LogP contribution is 2.33. The second-order valence-electron chi connectivity index (χ2n) is 11.4. The van der Waals surface area contributed by atoms with Crippen LogP contribution in [0.15, 0.2) is 79.0 Å². The molecule has 2 aliphatic heterocycles. The third-order valence-corrected chi connectivity index (χ3v) is 8.12. The molecule has 1 fully saturated rings. The highest BCUT2D eigenvalue weighted by atomic mass is 19.1. The van der Waals surface area contributed by atoms with Crippen molar-refractivity contribution in [2.24, 2.45) is 0 Å². The number of carbonyl (C=O) groups excluding carboxylic acids is 3. The molecule has 3 aromatic carbocycles. The average molecular weight is 655 g/mol. The van der Waals surface area contributed by atoms with Gasteiger partial charge in [-0.1, -0.05) is 12.1 Å². The normalized spacial score (nSPS) is 17.9. The van der Waals surface area contributed by atoms with Gasteiger partial charge in [-0.15, -0.1) is 0 Å². The zero-order valence-corrected chi connectivity index (χ0v) is 26.5. The van der Waals surface area contributed by atoms with Gasteiger partial charge in [-0.25, -0.2) is 9.37 Å². The summed E-state index contributed by atoms with van der Waals surface area (Å²) in [5, 5.41) is 5.82. The van der Waals surface area contributed by atoms with Crippen molar-refractivity contribution in [3.63, 3.8) is 0 Å². The molecule has 48 heavy (non-hydrogen) atoms. The minimum atomic E-state index is -0.682. The van der Waals surface area contributed by atoms with Crippen LogP contribution in [0.5, 0.6) is 23.1 Å². The number of ether oxygens (including phenoxy) is 4. The minimum Gasteiger partial charge on any atom is -0.496 e. The molecule has 11 nitrogen and oxygen atoms in total. The lowest BCUT2D eigenvalue weighted by Crippen LogP contribution is -2.58. The number of nitrogens with zero attached hydrogens (tertiary/aromatic N) is 2. The maximum Gasteiger partial charge on any atom is 0.259 e. The average Bonchev–Trinajstić information content (AvgIpc) is 3.10. The van der Waals surface area contributed by atoms with Crippen molar-refractivity contribution in [2.45, 2.75) is 32.0 Å². The number of halogens is 1. The number of carbonyl (C=O) groups is 3. The Morgan fingerprint density at radius 3 is 2.75 bits per heavy atom. The van der Waals surface area contributed by atoms with Gasteiger partial charge in [-0.3, -0.25) is 14.4 Å². The Morgan fingerprint density at radius 2 is 1.92 bits per heavy atom. The third-order valence-electron chi connectivity index (χ3n) is 8.12. The summed E-state index contributed by atoms with van der Waals surface area (Å²) < 4.78 is 38.0. The van der Waals surface area contributed by atoms with Crippen LogP contribution in [-0.2, 0) is 11.3 Å². The van der Waals surface area contributed by atoms with Crippen molar-refractivity contribution >= 4 is 17.7 Å². The first kappa shape index (κ1) is 32.3. The van der Waals surface area contributed by atoms with Crippen molar-refractivity contribution in [2.75, 3.05) is 33.4 Å². The van der Waals surface area contributed by atoms with Crippen molar-refractivity contribution in [1.29, 1.82) is 0 Å². The molecule has 3 amide bonds. The van der Waals surface area contributed by atoms with Crippen LogP contribution in [0.2, 0.25) is 0 Å². The number of hydrogen-bond donors (Lipinski definition) is 2. The number of hydrogen-bond acceptors (Lipinski definition) is 8. The molecule has 0 unspecified atom stereocenters. The Hall–Kier alpha value is -5.65. The number of methoxy groups -OCH3 is 1. The summed E-state index contributed by atoms with van der Waals surface area (Å²) in [6.07, 6.45) is 1.27. The quantitative estimate of drug-likeness (QED) is 0.332. The van der Waals surface area contributed by atoms with Crippen molar-refractivity contribution in [3.05, 3.63) is 102 Å². The maximum atomic E-state index is 14.8. The van der Waals surface area contributed by atoms with E-state index in [2.05, 4.69) is 15.6 Å². The highest BCUT2D eigenvalue weighted by molar-refractivity contribution is 5.97. The predicted octanol–water partition coefficient (Wildman–Crippen LogP) is 4.40. The van der Waals surface area contributed by atoms with Gasteiger partial charge < -0.3 is 34.5 Å². The van der Waals surface area contributed by atoms with E-state index in [0.717, 1.165) is 0 Å². The molecule has 2 aliphatic rings. The topological polar surface area (TPSA) is 128 Å². The van der Waals surface area contributed by atoms with Crippen LogP contribution in [0.1, 0.15) is 39.6 Å². The van der Waals surface area contributed by atoms with Crippen molar-refractivity contribution in [1.82, 2.24) is 20.5 Å². The van der Waals surface area contributed by atoms with Crippen LogP contribution in [0.4, 0.5) is 4.39 Å². The summed E-state index contributed by atoms with van der Waals surface area (Å²) in [4.78, 5) is 46.1. The summed E-state index contributed by atoms with van der Waals surface area (Å²) in [7, 11) is 1.54. The third kappa shape index (κ3) is 7.33. The summed E-state index contributed by atoms with van der Waals surface area (Å²) in [6.45, 7) is 2.34. The van der Waals surface area contributed by atoms with Crippen LogP contribution in [-0.4, -0.2) is 73.2 Å². The van der Waals surface area contributed by atoms with Gasteiger partial charge in [0.1, 0.15) is 34.7 Å². The molecule has 12 heteroatoms. The largest absolute Gasteiger partial charge is 0.496 e. The molecule has 3 heterocycles. The van der Waals surface area contributed by atoms with Crippen molar-refractivity contribution in [3.8, 4) is 34.3 Å². The number of amides is 3. The summed E-state index contributed by atoms with van der Waals surface area (Å²) in [6, 6.07) is 19.0. The number of rotatable bonds is 4. The molecule has 6 bridgehead atoms. The van der Waals surface area contributed by atoms with E-state index >= 15 is 0 Å². The first-order valence-electron chi connectivity index (χ1n) is 15.6. The van der Waals surface area contributed by atoms with Crippen LogP contribution in [0, 0.1) is 5.82 Å². The monoisotopic (exact) mass is 654 g/mol. The lowest BCUT2D eigenvalue weighted by Gasteiger charge is -2.39. The fourth-order valence-electron chi connectivity index (χ4n) is 5.82. The van der Waals surface area contributed by atoms with Gasteiger partial charge in [-0.05, 0) is 72.6 Å². The van der Waals surface area contributed by atoms with Gasteiger partial charge in [0.05, 0.1) is 19.8 Å². The molecule has 0 spiro atoms. The first-order valence-corrected chi connectivity index (χ1v) is 15.6. The van der Waals surface area contributed by atoms with Crippen molar-refractivity contribution < 1.29 is 37.7 Å². The molecule has 2 N–H and O–H groups in total. The zero-order chi connectivity index (χ0) is 33.6. The highest BCUT2D eigenvalue weighted by Gasteiger charge is 2.36. The molecule has 1 saturated heterocycles. The zero-order valence-electron chi connectivity index (χ0n) is 26.5. The van der Waals surface area contributed by atoms with E-state index in [1.165, 1.54) is 19.2 Å². The summed E-state index contributed by atoms with van der Waals surface area (Å²) in [5.74, 6) is -0.206. The van der Waals surface area contributed by atoms with E-state index in [1.807, 2.05) is 13.0 Å². The Kier molecular flexibility index (Phi) is 9.70. The molecular formula is C36H35FN4O7. The van der Waals surface area contributed by atoms with E-state index in [0.29, 0.717) is 58.9 Å². The number of likely N-dealkylation sites (tertiary alicyclic amines) is 1. The van der Waals surface area contributed by atoms with Gasteiger partial charge >= 0.3 is 0 Å². The number of fused-ring (bicyclic) bond motifs is 8. The lowest BCUT2D eigenvalue weighted by molar-refractivity contribution is -0.123. The van der Waals surface area contributed by atoms with E-state index in [1.54, 1.807) is 65.7 Å². The lowest BCUT2D eigenvalue weighted by atomic mass is 9.98. The smallest absolute Gasteiger partial charge is 0.259 e. The Balaban J connectivity index is 1.36. The van der Waals surface area contributed by atoms with Gasteiger partial charge in [-0.2, -0.15) is 0 Å². The molecular weight excluding hydrogens is 619 g/mol. The van der Waals surface area contributed by atoms with Crippen LogP contribution < -0.4 is 29.6 Å². The number of piperidine rings is 1. The number of aromatic nitrogens is 1. The fraction of sp³-hybridized carbons (Fsp3) is 0.278. The van der Waals surface area contributed by atoms with E-state index in [-0.39, 0.29) is 37.2 Å². The number of nitrogens with one attached hydrogen (secondary N) is 2. The molecule has 248 valence electrons. The Morgan fingerprint density at radius 1 is 1.04 bits per heavy atom. The van der Waals surface area contributed by atoms with E-state index in [4.69, 9.17) is 18.9 Å². The second kappa shape index (κ2) is 14.4. The molecule has 0 saturated carbocycles. The van der Waals surface area contributed by atoms with Crippen LogP contribution in [0.3, 0.4) is 0 Å². The molecule has 0 aliphatic carbocycles. The van der Waals surface area contributed by atoms with Gasteiger partial charge in [0.15, 0.2) is 6.61 Å². The minimum absolute atomic E-state index is 0.0414. The Bertz CT molecular complexity index is 1830. The number of benzene rings is 3. The Labute approximate surface area is 277 Å². The maximum absolute atomic E-state index is 14.8. The van der Waals surface area contributed by atoms with Gasteiger partial charge in [0, 0.05) is 49.4 Å².